The summed E-state index contributed by atoms with van der Waals surface area (Å²) >= 11 is 0. The zero-order valence-corrected chi connectivity index (χ0v) is 14.6. The lowest BCUT2D eigenvalue weighted by atomic mass is 10.2. The zero-order chi connectivity index (χ0) is 17.0. The molecule has 1 fully saturated rings. The highest BCUT2D eigenvalue weighted by Crippen LogP contribution is 2.16. The molecule has 0 aromatic carbocycles. The van der Waals surface area contributed by atoms with Crippen molar-refractivity contribution in [2.75, 3.05) is 31.6 Å². The summed E-state index contributed by atoms with van der Waals surface area (Å²) in [4.78, 5) is 17.9. The Balaban J connectivity index is 1.70. The number of nitrogens with one attached hydrogen (secondary N) is 1. The number of carbonyl (C=O) groups excluding carboxylic acids is 1. The summed E-state index contributed by atoms with van der Waals surface area (Å²) in [5.41, 5.74) is 0. The van der Waals surface area contributed by atoms with Crippen LogP contribution < -0.4 is 5.32 Å². The number of carbonyl (C=O) groups is 1. The Morgan fingerprint density at radius 1 is 1.48 bits per heavy atom. The number of nitrogens with zero attached hydrogens (tertiary/aromatic N) is 3. The van der Waals surface area contributed by atoms with Gasteiger partial charge >= 0.3 is 0 Å². The number of likely N-dealkylation sites (N-methyl/N-ethyl adjacent to an activating group) is 1. The predicted octanol–water partition coefficient (Wildman–Crippen LogP) is -0.0294. The number of aromatic nitrogens is 2. The Morgan fingerprint density at radius 3 is 2.78 bits per heavy atom. The van der Waals surface area contributed by atoms with Gasteiger partial charge in [-0.25, -0.2) is 8.42 Å². The first-order valence-electron chi connectivity index (χ1n) is 7.76. The highest BCUT2D eigenvalue weighted by Gasteiger charge is 2.31. The molecule has 1 aliphatic rings. The Hall–Kier alpha value is -1.48. The van der Waals surface area contributed by atoms with Crippen LogP contribution in [-0.4, -0.2) is 67.1 Å². The van der Waals surface area contributed by atoms with Gasteiger partial charge in [0.1, 0.15) is 0 Å². The zero-order valence-electron chi connectivity index (χ0n) is 13.8. The van der Waals surface area contributed by atoms with E-state index < -0.39 is 9.84 Å². The minimum absolute atomic E-state index is 0.0726. The van der Waals surface area contributed by atoms with Crippen LogP contribution in [0.4, 0.5) is 0 Å². The molecule has 0 aliphatic carbocycles. The van der Waals surface area contributed by atoms with Crippen LogP contribution in [0.2, 0.25) is 0 Å². The minimum Gasteiger partial charge on any atom is -0.355 e. The Kier molecular flexibility index (Phi) is 5.74. The summed E-state index contributed by atoms with van der Waals surface area (Å²) in [6, 6.07) is -0.0726. The molecule has 0 saturated carbocycles. The Morgan fingerprint density at radius 2 is 2.22 bits per heavy atom. The largest absolute Gasteiger partial charge is 0.355 e. The third kappa shape index (κ3) is 5.28. The molecule has 0 bridgehead atoms. The van der Waals surface area contributed by atoms with Crippen LogP contribution in [0.3, 0.4) is 0 Å². The second-order valence-corrected chi connectivity index (χ2v) is 8.50. The van der Waals surface area contributed by atoms with E-state index in [9.17, 15) is 13.2 Å². The van der Waals surface area contributed by atoms with E-state index in [4.69, 9.17) is 4.52 Å². The molecule has 2 rings (SSSR count). The maximum Gasteiger partial charge on any atom is 0.234 e. The summed E-state index contributed by atoms with van der Waals surface area (Å²) < 4.78 is 28.0. The van der Waals surface area contributed by atoms with Gasteiger partial charge in [-0.2, -0.15) is 4.98 Å². The fourth-order valence-corrected chi connectivity index (χ4v) is 4.26. The van der Waals surface area contributed by atoms with Gasteiger partial charge in [0.15, 0.2) is 15.7 Å². The highest BCUT2D eigenvalue weighted by atomic mass is 32.2. The maximum atomic E-state index is 11.9. The van der Waals surface area contributed by atoms with Crippen molar-refractivity contribution < 1.29 is 17.7 Å². The van der Waals surface area contributed by atoms with Gasteiger partial charge in [-0.1, -0.05) is 19.0 Å². The molecule has 8 nitrogen and oxygen atoms in total. The van der Waals surface area contributed by atoms with Crippen LogP contribution in [0.5, 0.6) is 0 Å². The second kappa shape index (κ2) is 7.39. The van der Waals surface area contributed by atoms with Gasteiger partial charge in [0.05, 0.1) is 18.1 Å². The molecule has 1 aromatic rings. The van der Waals surface area contributed by atoms with Crippen molar-refractivity contribution in [2.45, 2.75) is 38.6 Å². The van der Waals surface area contributed by atoms with Gasteiger partial charge in [-0.15, -0.1) is 0 Å². The van der Waals surface area contributed by atoms with Crippen LogP contribution >= 0.6 is 0 Å². The van der Waals surface area contributed by atoms with Crippen molar-refractivity contribution >= 4 is 15.7 Å². The van der Waals surface area contributed by atoms with E-state index in [1.54, 1.807) is 11.9 Å². The molecule has 0 spiro atoms. The molecule has 1 aliphatic heterocycles. The molecule has 1 atom stereocenters. The van der Waals surface area contributed by atoms with Crippen LogP contribution in [0.25, 0.3) is 0 Å². The molecule has 2 heterocycles. The van der Waals surface area contributed by atoms with Crippen molar-refractivity contribution in [2.24, 2.45) is 0 Å². The summed E-state index contributed by atoms with van der Waals surface area (Å²) in [5.74, 6) is 1.56. The molecule has 1 saturated heterocycles. The SMILES string of the molecule is CC(C)c1nc(CCNC(=O)CN(C)[C@@H]2CCS(=O)(=O)C2)no1. The Labute approximate surface area is 136 Å². The number of hydrogen-bond acceptors (Lipinski definition) is 7. The molecule has 1 N–H and O–H groups in total. The fourth-order valence-electron chi connectivity index (χ4n) is 2.45. The molecule has 130 valence electrons. The van der Waals surface area contributed by atoms with E-state index in [1.165, 1.54) is 0 Å². The van der Waals surface area contributed by atoms with Gasteiger partial charge in [0.25, 0.3) is 0 Å². The highest BCUT2D eigenvalue weighted by molar-refractivity contribution is 7.91. The third-order valence-electron chi connectivity index (χ3n) is 3.87. The molecular formula is C14H24N4O4S. The van der Waals surface area contributed by atoms with Crippen molar-refractivity contribution in [3.05, 3.63) is 11.7 Å². The summed E-state index contributed by atoms with van der Waals surface area (Å²) in [6.45, 7) is 4.55. The van der Waals surface area contributed by atoms with E-state index in [-0.39, 0.29) is 35.9 Å². The van der Waals surface area contributed by atoms with Crippen molar-refractivity contribution in [1.29, 1.82) is 0 Å². The molecular weight excluding hydrogens is 320 g/mol. The second-order valence-electron chi connectivity index (χ2n) is 6.28. The standard InChI is InChI=1S/C14H24N4O4S/c1-10(2)14-16-12(17-22-14)4-6-15-13(19)8-18(3)11-5-7-23(20,21)9-11/h10-11H,4-9H2,1-3H3,(H,15,19)/t11-/m1/s1. The fraction of sp³-hybridized carbons (Fsp3) is 0.786. The quantitative estimate of drug-likeness (QED) is 0.740. The third-order valence-corrected chi connectivity index (χ3v) is 5.62. The van der Waals surface area contributed by atoms with Crippen molar-refractivity contribution in [3.8, 4) is 0 Å². The van der Waals surface area contributed by atoms with Crippen molar-refractivity contribution in [3.63, 3.8) is 0 Å². The molecule has 1 aromatic heterocycles. The van der Waals surface area contributed by atoms with Gasteiger partial charge < -0.3 is 9.84 Å². The average molecular weight is 344 g/mol. The molecule has 23 heavy (non-hydrogen) atoms. The number of sulfone groups is 1. The average Bonchev–Trinajstić information content (AvgIpc) is 3.05. The van der Waals surface area contributed by atoms with Gasteiger partial charge in [0.2, 0.25) is 11.8 Å². The molecule has 0 radical (unpaired) electrons. The summed E-state index contributed by atoms with van der Waals surface area (Å²) in [6.07, 6.45) is 1.09. The number of hydrogen-bond donors (Lipinski definition) is 1. The lowest BCUT2D eigenvalue weighted by Crippen LogP contribution is -2.41. The van der Waals surface area contributed by atoms with Crippen LogP contribution in [0, 0.1) is 0 Å². The summed E-state index contributed by atoms with van der Waals surface area (Å²) in [5, 5.41) is 6.65. The van der Waals surface area contributed by atoms with E-state index >= 15 is 0 Å². The monoisotopic (exact) mass is 344 g/mol. The van der Waals surface area contributed by atoms with Crippen LogP contribution in [0.1, 0.15) is 37.9 Å². The number of amides is 1. The van der Waals surface area contributed by atoms with Gasteiger partial charge in [0, 0.05) is 24.9 Å². The van der Waals surface area contributed by atoms with E-state index in [2.05, 4.69) is 15.5 Å². The molecule has 9 heteroatoms. The van der Waals surface area contributed by atoms with Gasteiger partial charge in [-0.3, -0.25) is 9.69 Å². The first kappa shape index (κ1) is 17.9. The first-order valence-corrected chi connectivity index (χ1v) is 9.59. The lowest BCUT2D eigenvalue weighted by Gasteiger charge is -2.22. The van der Waals surface area contributed by atoms with Crippen molar-refractivity contribution in [1.82, 2.24) is 20.4 Å². The topological polar surface area (TPSA) is 105 Å². The smallest absolute Gasteiger partial charge is 0.234 e. The van der Waals surface area contributed by atoms with Crippen LogP contribution in [-0.2, 0) is 21.1 Å². The first-order chi connectivity index (χ1) is 10.8. The van der Waals surface area contributed by atoms with E-state index in [0.717, 1.165) is 0 Å². The van der Waals surface area contributed by atoms with E-state index in [1.807, 2.05) is 13.8 Å². The molecule has 0 unspecified atom stereocenters. The predicted molar refractivity (Wildman–Crippen MR) is 84.8 cm³/mol. The number of rotatable bonds is 7. The van der Waals surface area contributed by atoms with Gasteiger partial charge in [-0.05, 0) is 13.5 Å². The normalized spacial score (nSPS) is 20.3. The minimum atomic E-state index is -2.93. The maximum absolute atomic E-state index is 11.9. The summed E-state index contributed by atoms with van der Waals surface area (Å²) in [7, 11) is -1.16. The lowest BCUT2D eigenvalue weighted by molar-refractivity contribution is -0.122. The Bertz CT molecular complexity index is 641. The molecule has 1 amide bonds. The van der Waals surface area contributed by atoms with E-state index in [0.29, 0.717) is 31.1 Å². The van der Waals surface area contributed by atoms with Crippen LogP contribution in [0.15, 0.2) is 4.52 Å².